The highest BCUT2D eigenvalue weighted by Crippen LogP contribution is 2.03. The molecule has 22 rings (SSSR count). The molecule has 0 radical (unpaired) electrons. The first-order chi connectivity index (χ1) is 49.1. The van der Waals surface area contributed by atoms with E-state index >= 15 is 0 Å². The van der Waals surface area contributed by atoms with E-state index in [2.05, 4.69) is 101 Å². The van der Waals surface area contributed by atoms with Gasteiger partial charge in [-0.15, -0.1) is 10.2 Å². The maximum absolute atomic E-state index is 4.04. The average molecular weight is 1310 g/mol. The van der Waals surface area contributed by atoms with Gasteiger partial charge in [0, 0.05) is 105 Å². The van der Waals surface area contributed by atoms with Gasteiger partial charge in [0.15, 0.2) is 22.6 Å². The highest BCUT2D eigenvalue weighted by Gasteiger charge is 1.94. The van der Waals surface area contributed by atoms with Gasteiger partial charge in [0.25, 0.3) is 0 Å². The van der Waals surface area contributed by atoms with Crippen molar-refractivity contribution >= 4 is 61.2 Å². The van der Waals surface area contributed by atoms with Gasteiger partial charge < -0.3 is 8.80 Å². The predicted octanol–water partition coefficient (Wildman–Crippen LogP) is 9.23. The number of fused-ring (bicyclic) bond motifs is 11. The third-order valence-corrected chi connectivity index (χ3v) is 13.4. The Morgan fingerprint density at radius 2 is 0.657 bits per heavy atom. The van der Waals surface area contributed by atoms with Gasteiger partial charge in [-0.1, -0.05) is 24.3 Å². The summed E-state index contributed by atoms with van der Waals surface area (Å²) in [6, 6.07) is 42.6. The van der Waals surface area contributed by atoms with Crippen LogP contribution >= 0.6 is 0 Å². The van der Waals surface area contributed by atoms with Gasteiger partial charge >= 0.3 is 0 Å². The van der Waals surface area contributed by atoms with Crippen LogP contribution in [0.5, 0.6) is 0 Å². The van der Waals surface area contributed by atoms with Gasteiger partial charge in [0.05, 0.1) is 113 Å². The maximum Gasteiger partial charge on any atom is 0.160 e. The fourth-order valence-electron chi connectivity index (χ4n) is 8.65. The van der Waals surface area contributed by atoms with Crippen LogP contribution in [0.4, 0.5) is 0 Å². The third kappa shape index (κ3) is 18.4. The van der Waals surface area contributed by atoms with Crippen LogP contribution in [0, 0.1) is 0 Å². The Kier molecular flexibility index (Phi) is 22.0. The van der Waals surface area contributed by atoms with E-state index in [4.69, 9.17) is 0 Å². The number of hydrogen-bond donors (Lipinski definition) is 0. The first-order valence-corrected chi connectivity index (χ1v) is 30.0. The molecule has 0 bridgehead atoms. The van der Waals surface area contributed by atoms with Crippen LogP contribution in [-0.2, 0) is 0 Å². The summed E-state index contributed by atoms with van der Waals surface area (Å²) in [5, 5.41) is 31.4. The second-order valence-electron chi connectivity index (χ2n) is 19.9. The van der Waals surface area contributed by atoms with Crippen molar-refractivity contribution in [3.63, 3.8) is 0 Å². The molecule has 0 amide bonds. The Morgan fingerprint density at radius 3 is 1.39 bits per heavy atom. The average Bonchev–Trinajstić information content (AvgIpc) is 4.58. The molecule has 31 nitrogen and oxygen atoms in total. The van der Waals surface area contributed by atoms with Crippen LogP contribution in [0.2, 0.25) is 0 Å². The first-order valence-electron chi connectivity index (χ1n) is 30.0. The molecule has 0 unspecified atom stereocenters. The van der Waals surface area contributed by atoms with Crippen LogP contribution in [-0.4, -0.2) is 150 Å². The van der Waals surface area contributed by atoms with E-state index in [0.29, 0.717) is 0 Å². The molecule has 0 aliphatic rings. The summed E-state index contributed by atoms with van der Waals surface area (Å²) in [5.41, 5.74) is 11.0. The van der Waals surface area contributed by atoms with E-state index in [1.165, 1.54) is 6.33 Å². The fraction of sp³-hybridized carbons (Fsp3) is 0. The zero-order chi connectivity index (χ0) is 67.1. The minimum absolute atomic E-state index is 0.887. The van der Waals surface area contributed by atoms with Crippen molar-refractivity contribution in [2.75, 3.05) is 0 Å². The Labute approximate surface area is 560 Å². The van der Waals surface area contributed by atoms with E-state index in [0.717, 1.165) is 61.2 Å². The number of rotatable bonds is 0. The largest absolute Gasteiger partial charge is 0.306 e. The first kappa shape index (κ1) is 64.1. The summed E-state index contributed by atoms with van der Waals surface area (Å²) in [5.74, 6) is 0. The van der Waals surface area contributed by atoms with E-state index < -0.39 is 0 Å². The van der Waals surface area contributed by atoms with Crippen LogP contribution in [0.1, 0.15) is 0 Å². The zero-order valence-corrected chi connectivity index (χ0v) is 52.3. The SMILES string of the molecule is c1cc2ccnn2cn1.c1cc2cncn2cn1.c1ccn2cncc2c1.c1ccn2cnnc2c1.c1ccn2nccc2c1.c1ccn2ncnc2c1.c1cn2cncc2cn1.c1cn2nccc2cn1.c1cnc2ccnn2c1.c1cnc2cncn2c1.c1cnn2cncc2c1. The van der Waals surface area contributed by atoms with Crippen molar-refractivity contribution < 1.29 is 0 Å². The minimum Gasteiger partial charge on any atom is -0.306 e. The van der Waals surface area contributed by atoms with Crippen molar-refractivity contribution in [1.29, 1.82) is 0 Å². The Bertz CT molecular complexity index is 4360. The normalized spacial score (nSPS) is 10.2. The highest BCUT2D eigenvalue weighted by molar-refractivity contribution is 5.47. The number of aromatic nitrogens is 31. The second kappa shape index (κ2) is 34.0. The van der Waals surface area contributed by atoms with Crippen LogP contribution < -0.4 is 0 Å². The van der Waals surface area contributed by atoms with Crippen molar-refractivity contribution in [1.82, 2.24) is 150 Å². The molecular formula is C68H57N31. The number of pyridine rings is 4. The quantitative estimate of drug-likeness (QED) is 0.136. The van der Waals surface area contributed by atoms with E-state index in [1.807, 2.05) is 216 Å². The molecular weight excluding hydrogens is 1250 g/mol. The summed E-state index contributed by atoms with van der Waals surface area (Å²) in [6.45, 7) is 0. The Hall–Kier alpha value is -15.0. The molecule has 0 aliphatic carbocycles. The maximum atomic E-state index is 4.04. The lowest BCUT2D eigenvalue weighted by atomic mass is 10.4. The molecule has 0 fully saturated rings. The smallest absolute Gasteiger partial charge is 0.160 e. The minimum atomic E-state index is 0.887. The molecule has 0 atom stereocenters. The van der Waals surface area contributed by atoms with Gasteiger partial charge in [-0.05, 0) is 103 Å². The van der Waals surface area contributed by atoms with Crippen molar-refractivity contribution in [2.45, 2.75) is 0 Å². The molecule has 0 aliphatic heterocycles. The highest BCUT2D eigenvalue weighted by atomic mass is 15.3. The molecule has 0 saturated heterocycles. The molecule has 484 valence electrons. The van der Waals surface area contributed by atoms with Gasteiger partial charge in [-0.2, -0.15) is 30.6 Å². The van der Waals surface area contributed by atoms with E-state index in [9.17, 15) is 0 Å². The Balaban J connectivity index is 0.000000103. The van der Waals surface area contributed by atoms with Crippen molar-refractivity contribution in [3.05, 3.63) is 352 Å². The standard InChI is InChI=1S/2C7H6N2.9C6H5N3/c1-2-6-9-7(3-1)4-5-8-9;1-2-4-9-6-8-5-7(9)3-1;1-3-7-5-9-6(1)2-4-8-9;1-3-7-6-2-4-8-9(6)5-1;1-2-9-5-8-4-6(9)3-7-1;1-2-7-4-9-5-8-3-6(1)9;1-2-8-9-4-3-7-5-6(1)9;1-2-8-6-4-7-5-9(6)3-1;1-2-6-4-7-5-9(6)8-3-1;1-2-4-9-5-7-8-6(9)3-1;1-2-4-9-6(3-1)7-5-8-9/h2*1-6H;9*1-5H. The number of imidazole rings is 5. The topological polar surface area (TPSA) is 306 Å². The fourth-order valence-corrected chi connectivity index (χ4v) is 8.65. The van der Waals surface area contributed by atoms with Gasteiger partial charge in [-0.25, -0.2) is 76.9 Å². The molecule has 0 spiro atoms. The molecule has 22 aromatic rings. The second-order valence-corrected chi connectivity index (χ2v) is 19.9. The summed E-state index contributed by atoms with van der Waals surface area (Å²) in [7, 11) is 0. The predicted molar refractivity (Wildman–Crippen MR) is 367 cm³/mol. The van der Waals surface area contributed by atoms with Crippen LogP contribution in [0.3, 0.4) is 0 Å². The molecule has 99 heavy (non-hydrogen) atoms. The van der Waals surface area contributed by atoms with Crippen molar-refractivity contribution in [3.8, 4) is 0 Å². The summed E-state index contributed by atoms with van der Waals surface area (Å²) >= 11 is 0. The molecule has 22 heterocycles. The summed E-state index contributed by atoms with van der Waals surface area (Å²) < 4.78 is 20.0. The lowest BCUT2D eigenvalue weighted by molar-refractivity contribution is 0.921. The van der Waals surface area contributed by atoms with E-state index in [-0.39, 0.29) is 0 Å². The summed E-state index contributed by atoms with van der Waals surface area (Å²) in [4.78, 5) is 47.3. The molecule has 31 heteroatoms. The molecule has 22 aromatic heterocycles. The third-order valence-electron chi connectivity index (χ3n) is 13.4. The van der Waals surface area contributed by atoms with Gasteiger partial charge in [0.1, 0.15) is 44.3 Å². The van der Waals surface area contributed by atoms with E-state index in [1.54, 1.807) is 179 Å². The zero-order valence-electron chi connectivity index (χ0n) is 52.3. The molecule has 0 N–H and O–H groups in total. The summed E-state index contributed by atoms with van der Waals surface area (Å²) in [6.07, 6.45) is 62.0. The Morgan fingerprint density at radius 1 is 0.202 bits per heavy atom. The van der Waals surface area contributed by atoms with Gasteiger partial charge in [-0.3, -0.25) is 23.2 Å². The van der Waals surface area contributed by atoms with Crippen LogP contribution in [0.25, 0.3) is 61.2 Å². The van der Waals surface area contributed by atoms with Gasteiger partial charge in [0.2, 0.25) is 0 Å². The van der Waals surface area contributed by atoms with Crippen LogP contribution in [0.15, 0.2) is 352 Å². The lowest BCUT2D eigenvalue weighted by Crippen LogP contribution is -1.85. The monoisotopic (exact) mass is 1310 g/mol. The molecule has 0 saturated carbocycles. The van der Waals surface area contributed by atoms with Crippen molar-refractivity contribution in [2.24, 2.45) is 0 Å². The lowest BCUT2D eigenvalue weighted by Gasteiger charge is -1.86. The number of hydrogen-bond acceptors (Lipinski definition) is 20. The molecule has 0 aromatic carbocycles. The number of nitrogens with zero attached hydrogens (tertiary/aromatic N) is 31.